The number of nitrogens with zero attached hydrogens (tertiary/aromatic N) is 4. The van der Waals surface area contributed by atoms with Crippen molar-refractivity contribution < 1.29 is 14.1 Å². The number of piperidine rings is 1. The second-order valence-electron chi connectivity index (χ2n) is 7.32. The molecule has 8 heteroatoms. The van der Waals surface area contributed by atoms with E-state index in [0.717, 1.165) is 24.5 Å². The zero-order valence-corrected chi connectivity index (χ0v) is 15.5. The molecular weight excluding hydrogens is 334 g/mol. The molecule has 0 saturated carbocycles. The summed E-state index contributed by atoms with van der Waals surface area (Å²) in [4.78, 5) is 22.8. The molecule has 1 N–H and O–H groups in total. The lowest BCUT2D eigenvalue weighted by molar-refractivity contribution is 0.0518. The van der Waals surface area contributed by atoms with E-state index >= 15 is 0 Å². The minimum absolute atomic E-state index is 0.117. The topological polar surface area (TPSA) is 93.4 Å². The van der Waals surface area contributed by atoms with E-state index < -0.39 is 11.7 Å². The Balaban J connectivity index is 1.63. The van der Waals surface area contributed by atoms with Gasteiger partial charge < -0.3 is 19.5 Å². The average molecular weight is 359 g/mol. The molecule has 0 aliphatic carbocycles. The van der Waals surface area contributed by atoms with Crippen molar-refractivity contribution in [3.8, 4) is 11.4 Å². The van der Waals surface area contributed by atoms with Crippen LogP contribution in [0.15, 0.2) is 22.9 Å². The number of pyridine rings is 1. The molecule has 0 spiro atoms. The summed E-state index contributed by atoms with van der Waals surface area (Å²) in [6.45, 7) is 7.58. The molecule has 0 aromatic carbocycles. The number of nitrogens with one attached hydrogen (secondary N) is 1. The highest BCUT2D eigenvalue weighted by Crippen LogP contribution is 2.23. The predicted molar refractivity (Wildman–Crippen MR) is 96.7 cm³/mol. The molecule has 2 aromatic heterocycles. The summed E-state index contributed by atoms with van der Waals surface area (Å²) in [5, 5.41) is 6.61. The van der Waals surface area contributed by atoms with Crippen LogP contribution in [0.4, 0.5) is 10.6 Å². The Kier molecular flexibility index (Phi) is 5.39. The van der Waals surface area contributed by atoms with Crippen molar-refractivity contribution in [1.82, 2.24) is 20.4 Å². The van der Waals surface area contributed by atoms with Crippen LogP contribution in [0.5, 0.6) is 0 Å². The summed E-state index contributed by atoms with van der Waals surface area (Å²) in [5.41, 5.74) is 0.291. The maximum absolute atomic E-state index is 11.7. The van der Waals surface area contributed by atoms with Gasteiger partial charge in [-0.1, -0.05) is 5.16 Å². The van der Waals surface area contributed by atoms with E-state index in [1.807, 2.05) is 12.1 Å². The van der Waals surface area contributed by atoms with Gasteiger partial charge in [-0.25, -0.2) is 9.78 Å². The number of carbonyl (C=O) groups excluding carboxylic acids is 1. The van der Waals surface area contributed by atoms with Crippen LogP contribution in [0.2, 0.25) is 0 Å². The van der Waals surface area contributed by atoms with Crippen LogP contribution >= 0.6 is 0 Å². The Morgan fingerprint density at radius 1 is 1.31 bits per heavy atom. The number of aromatic nitrogens is 3. The molecular formula is C18H25N5O3. The monoisotopic (exact) mass is 359 g/mol. The van der Waals surface area contributed by atoms with Crippen LogP contribution in [0.25, 0.3) is 11.4 Å². The SMILES string of the molecule is CC(C)(C)OC(=O)NCc1nc(-c2ccnc(N3CCCCC3)c2)no1. The first-order valence-electron chi connectivity index (χ1n) is 8.91. The van der Waals surface area contributed by atoms with E-state index in [1.165, 1.54) is 19.3 Å². The quantitative estimate of drug-likeness (QED) is 0.896. The molecule has 2 aromatic rings. The number of rotatable bonds is 4. The lowest BCUT2D eigenvalue weighted by Crippen LogP contribution is -2.32. The summed E-state index contributed by atoms with van der Waals surface area (Å²) in [5.74, 6) is 1.73. The summed E-state index contributed by atoms with van der Waals surface area (Å²) in [6, 6.07) is 3.82. The lowest BCUT2D eigenvalue weighted by Gasteiger charge is -2.27. The third kappa shape index (κ3) is 4.93. The molecule has 3 rings (SSSR count). The van der Waals surface area contributed by atoms with Gasteiger partial charge in [-0.15, -0.1) is 0 Å². The number of anilines is 1. The molecule has 1 saturated heterocycles. The fourth-order valence-electron chi connectivity index (χ4n) is 2.76. The van der Waals surface area contributed by atoms with Gasteiger partial charge in [-0.2, -0.15) is 4.98 Å². The third-order valence-electron chi connectivity index (χ3n) is 3.93. The predicted octanol–water partition coefficient (Wildman–Crippen LogP) is 3.15. The van der Waals surface area contributed by atoms with Crippen LogP contribution in [-0.4, -0.2) is 39.9 Å². The van der Waals surface area contributed by atoms with Crippen molar-refractivity contribution in [1.29, 1.82) is 0 Å². The highest BCUT2D eigenvalue weighted by molar-refractivity contribution is 5.67. The molecule has 0 atom stereocenters. The van der Waals surface area contributed by atoms with Gasteiger partial charge in [-0.05, 0) is 52.2 Å². The van der Waals surface area contributed by atoms with E-state index in [4.69, 9.17) is 9.26 Å². The van der Waals surface area contributed by atoms with Gasteiger partial charge in [-0.3, -0.25) is 0 Å². The second-order valence-corrected chi connectivity index (χ2v) is 7.32. The van der Waals surface area contributed by atoms with Gasteiger partial charge in [0.05, 0.1) is 0 Å². The van der Waals surface area contributed by atoms with Crippen molar-refractivity contribution in [2.75, 3.05) is 18.0 Å². The summed E-state index contributed by atoms with van der Waals surface area (Å²) in [6.07, 6.45) is 4.89. The molecule has 1 aliphatic rings. The van der Waals surface area contributed by atoms with Gasteiger partial charge in [0.2, 0.25) is 11.7 Å². The van der Waals surface area contributed by atoms with Crippen molar-refractivity contribution in [3.63, 3.8) is 0 Å². The first-order valence-corrected chi connectivity index (χ1v) is 8.91. The Hall–Kier alpha value is -2.64. The number of amides is 1. The largest absolute Gasteiger partial charge is 0.444 e. The Bertz CT molecular complexity index is 747. The number of hydrogen-bond donors (Lipinski definition) is 1. The standard InChI is InChI=1S/C18H25N5O3/c1-18(2,3)25-17(24)20-12-15-21-16(22-26-15)13-7-8-19-14(11-13)23-9-5-4-6-10-23/h7-8,11H,4-6,9-10,12H2,1-3H3,(H,20,24). The van der Waals surface area contributed by atoms with Crippen LogP contribution in [-0.2, 0) is 11.3 Å². The highest BCUT2D eigenvalue weighted by Gasteiger charge is 2.18. The van der Waals surface area contributed by atoms with E-state index in [-0.39, 0.29) is 6.54 Å². The van der Waals surface area contributed by atoms with E-state index in [0.29, 0.717) is 11.7 Å². The smallest absolute Gasteiger partial charge is 0.408 e. The second kappa shape index (κ2) is 7.72. The van der Waals surface area contributed by atoms with Crippen molar-refractivity contribution in [2.24, 2.45) is 0 Å². The number of hydrogen-bond acceptors (Lipinski definition) is 7. The Morgan fingerprint density at radius 2 is 2.08 bits per heavy atom. The van der Waals surface area contributed by atoms with Gasteiger partial charge in [0.25, 0.3) is 0 Å². The molecule has 26 heavy (non-hydrogen) atoms. The van der Waals surface area contributed by atoms with Crippen LogP contribution in [0, 0.1) is 0 Å². The molecule has 0 radical (unpaired) electrons. The molecule has 0 bridgehead atoms. The summed E-state index contributed by atoms with van der Waals surface area (Å²) in [7, 11) is 0. The molecule has 3 heterocycles. The maximum atomic E-state index is 11.7. The zero-order valence-electron chi connectivity index (χ0n) is 15.5. The number of alkyl carbamates (subject to hydrolysis) is 1. The molecule has 1 fully saturated rings. The minimum Gasteiger partial charge on any atom is -0.444 e. The van der Waals surface area contributed by atoms with Crippen LogP contribution < -0.4 is 10.2 Å². The summed E-state index contributed by atoms with van der Waals surface area (Å²) >= 11 is 0. The maximum Gasteiger partial charge on any atom is 0.408 e. The van der Waals surface area contributed by atoms with Crippen molar-refractivity contribution >= 4 is 11.9 Å². The highest BCUT2D eigenvalue weighted by atomic mass is 16.6. The zero-order chi connectivity index (χ0) is 18.6. The van der Waals surface area contributed by atoms with Gasteiger partial charge in [0.15, 0.2) is 0 Å². The fourth-order valence-corrected chi connectivity index (χ4v) is 2.76. The van der Waals surface area contributed by atoms with Crippen LogP contribution in [0.3, 0.4) is 0 Å². The van der Waals surface area contributed by atoms with Gasteiger partial charge >= 0.3 is 6.09 Å². The number of carbonyl (C=O) groups is 1. The minimum atomic E-state index is -0.550. The van der Waals surface area contributed by atoms with E-state index in [9.17, 15) is 4.79 Å². The Labute approximate surface area is 152 Å². The van der Waals surface area contributed by atoms with Gasteiger partial charge in [0, 0.05) is 24.8 Å². The first kappa shape index (κ1) is 18.2. The molecule has 1 aliphatic heterocycles. The third-order valence-corrected chi connectivity index (χ3v) is 3.93. The molecule has 0 unspecified atom stereocenters. The molecule has 140 valence electrons. The molecule has 1 amide bonds. The lowest BCUT2D eigenvalue weighted by atomic mass is 10.1. The van der Waals surface area contributed by atoms with E-state index in [1.54, 1.807) is 27.0 Å². The van der Waals surface area contributed by atoms with E-state index in [2.05, 4.69) is 25.3 Å². The fraction of sp³-hybridized carbons (Fsp3) is 0.556. The summed E-state index contributed by atoms with van der Waals surface area (Å²) < 4.78 is 10.4. The first-order chi connectivity index (χ1) is 12.4. The van der Waals surface area contributed by atoms with Crippen molar-refractivity contribution in [2.45, 2.75) is 52.2 Å². The normalized spacial score (nSPS) is 15.0. The number of ether oxygens (including phenoxy) is 1. The average Bonchev–Trinajstić information content (AvgIpc) is 3.09. The Morgan fingerprint density at radius 3 is 2.81 bits per heavy atom. The van der Waals surface area contributed by atoms with Crippen LogP contribution in [0.1, 0.15) is 45.9 Å². The van der Waals surface area contributed by atoms with Gasteiger partial charge in [0.1, 0.15) is 18.0 Å². The van der Waals surface area contributed by atoms with Crippen molar-refractivity contribution in [3.05, 3.63) is 24.2 Å². The molecule has 8 nitrogen and oxygen atoms in total.